The van der Waals surface area contributed by atoms with E-state index >= 15 is 0 Å². The molecule has 29 heavy (non-hydrogen) atoms. The third kappa shape index (κ3) is 5.12. The van der Waals surface area contributed by atoms with Gasteiger partial charge in [0.2, 0.25) is 0 Å². The summed E-state index contributed by atoms with van der Waals surface area (Å²) in [7, 11) is 0. The minimum atomic E-state index is -0.201. The highest BCUT2D eigenvalue weighted by molar-refractivity contribution is 5.91. The van der Waals surface area contributed by atoms with Crippen LogP contribution in [0, 0.1) is 13.8 Å². The lowest BCUT2D eigenvalue weighted by Crippen LogP contribution is -2.20. The summed E-state index contributed by atoms with van der Waals surface area (Å²) < 4.78 is 7.39. The van der Waals surface area contributed by atoms with E-state index in [9.17, 15) is 4.79 Å². The van der Waals surface area contributed by atoms with Crippen LogP contribution >= 0.6 is 0 Å². The molecule has 0 aliphatic carbocycles. The van der Waals surface area contributed by atoms with Crippen molar-refractivity contribution in [1.29, 1.82) is 0 Å². The van der Waals surface area contributed by atoms with Crippen LogP contribution in [0.2, 0.25) is 0 Å². The Labute approximate surface area is 172 Å². The van der Waals surface area contributed by atoms with Crippen molar-refractivity contribution in [3.05, 3.63) is 77.0 Å². The minimum absolute atomic E-state index is 0.0161. The van der Waals surface area contributed by atoms with Gasteiger partial charge in [-0.3, -0.25) is 4.79 Å². The number of nitrogens with zero attached hydrogens (tertiary/aromatic N) is 2. The highest BCUT2D eigenvalue weighted by Crippen LogP contribution is 2.28. The number of rotatable bonds is 6. The molecule has 0 aliphatic rings. The second kappa shape index (κ2) is 8.62. The van der Waals surface area contributed by atoms with Gasteiger partial charge in [-0.25, -0.2) is 4.68 Å². The van der Waals surface area contributed by atoms with Crippen LogP contribution in [0.1, 0.15) is 43.2 Å². The number of amides is 1. The van der Waals surface area contributed by atoms with Crippen LogP contribution < -0.4 is 5.32 Å². The van der Waals surface area contributed by atoms with E-state index in [0.717, 1.165) is 22.5 Å². The smallest absolute Gasteiger partial charge is 0.251 e. The van der Waals surface area contributed by atoms with Gasteiger partial charge < -0.3 is 10.1 Å². The van der Waals surface area contributed by atoms with E-state index in [1.54, 1.807) is 0 Å². The highest BCUT2D eigenvalue weighted by atomic mass is 16.5. The number of hydrogen-bond acceptors (Lipinski definition) is 3. The Kier molecular flexibility index (Phi) is 6.18. The molecule has 1 heterocycles. The molecule has 0 spiro atoms. The maximum atomic E-state index is 12.5. The summed E-state index contributed by atoms with van der Waals surface area (Å²) >= 11 is 0. The van der Waals surface area contributed by atoms with Gasteiger partial charge in [0, 0.05) is 11.5 Å². The maximum Gasteiger partial charge on any atom is 0.251 e. The van der Waals surface area contributed by atoms with Gasteiger partial charge in [-0.15, -0.1) is 0 Å². The number of aromatic nitrogens is 2. The van der Waals surface area contributed by atoms with Gasteiger partial charge in [0.15, 0.2) is 0 Å². The zero-order valence-corrected chi connectivity index (χ0v) is 17.8. The van der Waals surface area contributed by atoms with E-state index < -0.39 is 0 Å². The summed E-state index contributed by atoms with van der Waals surface area (Å²) in [5.41, 5.74) is 5.09. The molecule has 1 N–H and O–H groups in total. The molecular formula is C24H29N3O2. The first-order valence-electron chi connectivity index (χ1n) is 9.84. The van der Waals surface area contributed by atoms with Crippen molar-refractivity contribution in [1.82, 2.24) is 9.78 Å². The minimum Gasteiger partial charge on any atom is -0.367 e. The van der Waals surface area contributed by atoms with E-state index in [2.05, 4.69) is 46.0 Å². The Hall–Kier alpha value is -2.92. The first-order valence-corrected chi connectivity index (χ1v) is 9.84. The molecule has 0 atom stereocenters. The summed E-state index contributed by atoms with van der Waals surface area (Å²) in [6.07, 6.45) is 0. The van der Waals surface area contributed by atoms with E-state index in [4.69, 9.17) is 9.84 Å². The fourth-order valence-corrected chi connectivity index (χ4v) is 3.00. The second-order valence-electron chi connectivity index (χ2n) is 8.32. The lowest BCUT2D eigenvalue weighted by Gasteiger charge is -2.15. The first kappa shape index (κ1) is 20.8. The van der Waals surface area contributed by atoms with Gasteiger partial charge >= 0.3 is 0 Å². The van der Waals surface area contributed by atoms with Crippen molar-refractivity contribution in [2.75, 3.05) is 11.9 Å². The molecule has 0 fully saturated rings. The Morgan fingerprint density at radius 2 is 1.79 bits per heavy atom. The number of aryl methyl sites for hydroxylation is 1. The monoisotopic (exact) mass is 391 g/mol. The average molecular weight is 392 g/mol. The molecule has 0 radical (unpaired) electrons. The number of hydrogen-bond donors (Lipinski definition) is 1. The molecule has 3 rings (SSSR count). The van der Waals surface area contributed by atoms with Crippen LogP contribution in [0.3, 0.4) is 0 Å². The molecule has 1 aromatic heterocycles. The second-order valence-corrected chi connectivity index (χ2v) is 8.32. The Morgan fingerprint density at radius 3 is 2.48 bits per heavy atom. The molecule has 5 heteroatoms. The lowest BCUT2D eigenvalue weighted by atomic mass is 9.92. The van der Waals surface area contributed by atoms with Gasteiger partial charge in [-0.1, -0.05) is 63.2 Å². The fourth-order valence-electron chi connectivity index (χ4n) is 3.00. The Bertz CT molecular complexity index is 985. The molecular weight excluding hydrogens is 362 g/mol. The van der Waals surface area contributed by atoms with E-state index in [0.29, 0.717) is 12.4 Å². The standard InChI is InChI=1S/C24H29N3O2/c1-17-10-9-13-20(18(17)2)27-22(14-21(26-27)24(3,4)5)25-23(28)16-29-15-19-11-7-6-8-12-19/h6-14H,15-16H2,1-5H3,(H,25,28). The molecule has 0 bridgehead atoms. The normalized spacial score (nSPS) is 11.5. The van der Waals surface area contributed by atoms with Crippen LogP contribution in [0.25, 0.3) is 5.69 Å². The average Bonchev–Trinajstić information content (AvgIpc) is 3.09. The number of nitrogens with one attached hydrogen (secondary N) is 1. The van der Waals surface area contributed by atoms with Crippen LogP contribution in [0.5, 0.6) is 0 Å². The van der Waals surface area contributed by atoms with E-state index in [-0.39, 0.29) is 17.9 Å². The predicted octanol–water partition coefficient (Wildman–Crippen LogP) is 4.94. The third-order valence-corrected chi connectivity index (χ3v) is 4.89. The van der Waals surface area contributed by atoms with Crippen molar-refractivity contribution >= 4 is 11.7 Å². The van der Waals surface area contributed by atoms with Gasteiger partial charge in [0.1, 0.15) is 12.4 Å². The van der Waals surface area contributed by atoms with Crippen molar-refractivity contribution in [3.63, 3.8) is 0 Å². The van der Waals surface area contributed by atoms with Crippen molar-refractivity contribution in [2.24, 2.45) is 0 Å². The topological polar surface area (TPSA) is 56.2 Å². The SMILES string of the molecule is Cc1cccc(-n2nc(C(C)(C)C)cc2NC(=O)COCc2ccccc2)c1C. The van der Waals surface area contributed by atoms with Gasteiger partial charge in [-0.2, -0.15) is 5.10 Å². The molecule has 1 amide bonds. The maximum absolute atomic E-state index is 12.5. The summed E-state index contributed by atoms with van der Waals surface area (Å²) in [4.78, 5) is 12.5. The van der Waals surface area contributed by atoms with Crippen LogP contribution in [-0.2, 0) is 21.6 Å². The summed E-state index contributed by atoms with van der Waals surface area (Å²) in [5.74, 6) is 0.449. The fraction of sp³-hybridized carbons (Fsp3) is 0.333. The third-order valence-electron chi connectivity index (χ3n) is 4.89. The molecule has 5 nitrogen and oxygen atoms in total. The van der Waals surface area contributed by atoms with Crippen molar-refractivity contribution in [3.8, 4) is 5.69 Å². The van der Waals surface area contributed by atoms with Crippen LogP contribution in [0.4, 0.5) is 5.82 Å². The first-order chi connectivity index (χ1) is 13.8. The molecule has 2 aromatic carbocycles. The number of anilines is 1. The summed E-state index contributed by atoms with van der Waals surface area (Å²) in [6, 6.07) is 17.8. The number of carbonyl (C=O) groups is 1. The lowest BCUT2D eigenvalue weighted by molar-refractivity contribution is -0.121. The van der Waals surface area contributed by atoms with Crippen LogP contribution in [0.15, 0.2) is 54.6 Å². The van der Waals surface area contributed by atoms with E-state index in [1.807, 2.05) is 53.2 Å². The quantitative estimate of drug-likeness (QED) is 0.647. The number of benzene rings is 2. The van der Waals surface area contributed by atoms with Crippen molar-refractivity contribution in [2.45, 2.75) is 46.6 Å². The molecule has 3 aromatic rings. The zero-order valence-electron chi connectivity index (χ0n) is 17.8. The molecule has 152 valence electrons. The van der Waals surface area contributed by atoms with Crippen LogP contribution in [-0.4, -0.2) is 22.3 Å². The number of carbonyl (C=O) groups excluding carboxylic acids is 1. The summed E-state index contributed by atoms with van der Waals surface area (Å²) in [6.45, 7) is 10.8. The predicted molar refractivity (Wildman–Crippen MR) is 116 cm³/mol. The largest absolute Gasteiger partial charge is 0.367 e. The zero-order chi connectivity index (χ0) is 21.0. The molecule has 0 unspecified atom stereocenters. The molecule has 0 saturated carbocycles. The van der Waals surface area contributed by atoms with Gasteiger partial charge in [0.25, 0.3) is 5.91 Å². The number of ether oxygens (including phenoxy) is 1. The highest BCUT2D eigenvalue weighted by Gasteiger charge is 2.22. The van der Waals surface area contributed by atoms with Gasteiger partial charge in [0.05, 0.1) is 18.0 Å². The molecule has 0 saturated heterocycles. The van der Waals surface area contributed by atoms with Crippen molar-refractivity contribution < 1.29 is 9.53 Å². The molecule has 0 aliphatic heterocycles. The van der Waals surface area contributed by atoms with Gasteiger partial charge in [-0.05, 0) is 36.6 Å². The van der Waals surface area contributed by atoms with E-state index in [1.165, 1.54) is 5.56 Å². The summed E-state index contributed by atoms with van der Waals surface area (Å²) in [5, 5.41) is 7.77. The Morgan fingerprint density at radius 1 is 1.07 bits per heavy atom. The Balaban J connectivity index is 1.79.